The highest BCUT2D eigenvalue weighted by atomic mass is 32.2. The highest BCUT2D eigenvalue weighted by Gasteiger charge is 2.18. The summed E-state index contributed by atoms with van der Waals surface area (Å²) in [6.45, 7) is 8.52. The van der Waals surface area contributed by atoms with E-state index >= 15 is 0 Å². The van der Waals surface area contributed by atoms with Crippen molar-refractivity contribution >= 4 is 23.4 Å². The summed E-state index contributed by atoms with van der Waals surface area (Å²) in [6, 6.07) is 22.1. The average Bonchev–Trinajstić information content (AvgIpc) is 3.22. The van der Waals surface area contributed by atoms with Crippen molar-refractivity contribution in [3.05, 3.63) is 84.9 Å². The molecule has 0 atom stereocenters. The number of aryl methyl sites for hydroxylation is 1. The minimum absolute atomic E-state index is 0.00753. The molecule has 0 bridgehead atoms. The van der Waals surface area contributed by atoms with Gasteiger partial charge in [-0.1, -0.05) is 80.9 Å². The van der Waals surface area contributed by atoms with Gasteiger partial charge in [0.05, 0.1) is 19.2 Å². The largest absolute Gasteiger partial charge is 0.325 e. The van der Waals surface area contributed by atoms with Crippen LogP contribution in [-0.4, -0.2) is 30.9 Å². The Labute approximate surface area is 204 Å². The molecule has 1 aromatic heterocycles. The van der Waals surface area contributed by atoms with Gasteiger partial charge < -0.3 is 5.32 Å². The molecule has 1 N–H and O–H groups in total. The predicted octanol–water partition coefficient (Wildman–Crippen LogP) is 6.03. The first-order valence-corrected chi connectivity index (χ1v) is 11.9. The quantitative estimate of drug-likeness (QED) is 0.349. The van der Waals surface area contributed by atoms with Crippen molar-refractivity contribution in [3.8, 4) is 22.5 Å². The summed E-state index contributed by atoms with van der Waals surface area (Å²) in [6.07, 6.45) is 0.317. The van der Waals surface area contributed by atoms with E-state index < -0.39 is 0 Å². The summed E-state index contributed by atoms with van der Waals surface area (Å²) >= 11 is 1.72. The second-order valence-electron chi connectivity index (χ2n) is 9.17. The fraction of sp³-hybridized carbons (Fsp3) is 0.222. The summed E-state index contributed by atoms with van der Waals surface area (Å²) in [4.78, 5) is 15.2. The Balaban J connectivity index is 1.69. The van der Waals surface area contributed by atoms with Crippen LogP contribution in [0, 0.1) is 14.0 Å². The lowest BCUT2D eigenvalue weighted by atomic mass is 9.99. The molecule has 3 aromatic carbocycles. The maximum absolute atomic E-state index is 13.0. The zero-order valence-corrected chi connectivity index (χ0v) is 20.7. The number of rotatable bonds is 6. The van der Waals surface area contributed by atoms with Crippen LogP contribution >= 0.6 is 11.8 Å². The molecular formula is C27H28N5OS. The number of hydrogen-bond donors (Lipinski definition) is 1. The molecule has 34 heavy (non-hydrogen) atoms. The van der Waals surface area contributed by atoms with Crippen molar-refractivity contribution in [2.45, 2.75) is 43.8 Å². The number of amides is 1. The van der Waals surface area contributed by atoms with Gasteiger partial charge in [-0.05, 0) is 41.0 Å². The van der Waals surface area contributed by atoms with Crippen LogP contribution in [0.5, 0.6) is 0 Å². The molecule has 0 fully saturated rings. The van der Waals surface area contributed by atoms with Crippen LogP contribution in [0.2, 0.25) is 0 Å². The number of tetrazole rings is 1. The third-order valence-corrected chi connectivity index (χ3v) is 6.28. The Morgan fingerprint density at radius 3 is 2.38 bits per heavy atom. The highest BCUT2D eigenvalue weighted by Crippen LogP contribution is 2.40. The average molecular weight is 471 g/mol. The van der Waals surface area contributed by atoms with Crippen LogP contribution in [0.15, 0.2) is 71.6 Å². The lowest BCUT2D eigenvalue weighted by molar-refractivity contribution is -0.115. The lowest BCUT2D eigenvalue weighted by Crippen LogP contribution is -2.16. The van der Waals surface area contributed by atoms with E-state index in [1.807, 2.05) is 61.5 Å². The van der Waals surface area contributed by atoms with Gasteiger partial charge in [0.25, 0.3) is 0 Å². The van der Waals surface area contributed by atoms with Gasteiger partial charge in [0, 0.05) is 15.2 Å². The Kier molecular flexibility index (Phi) is 6.84. The first-order chi connectivity index (χ1) is 16.2. The number of benzene rings is 3. The first kappa shape index (κ1) is 23.7. The maximum atomic E-state index is 13.0. The molecule has 0 aliphatic carbocycles. The van der Waals surface area contributed by atoms with E-state index in [0.717, 1.165) is 32.8 Å². The molecule has 0 saturated heterocycles. The van der Waals surface area contributed by atoms with Gasteiger partial charge in [-0.2, -0.15) is 4.80 Å². The van der Waals surface area contributed by atoms with Gasteiger partial charge in [-0.15, -0.1) is 22.0 Å². The van der Waals surface area contributed by atoms with Crippen LogP contribution < -0.4 is 5.32 Å². The number of carbonyl (C=O) groups is 1. The molecule has 1 heterocycles. The highest BCUT2D eigenvalue weighted by molar-refractivity contribution is 8.00. The van der Waals surface area contributed by atoms with Gasteiger partial charge in [0.1, 0.15) is 0 Å². The number of thioether (sulfide) groups is 1. The summed E-state index contributed by atoms with van der Waals surface area (Å²) < 4.78 is -0.00753. The van der Waals surface area contributed by atoms with Crippen LogP contribution in [0.4, 0.5) is 5.69 Å². The molecule has 1 amide bonds. The number of aromatic nitrogens is 4. The van der Waals surface area contributed by atoms with Crippen molar-refractivity contribution in [1.29, 1.82) is 0 Å². The van der Waals surface area contributed by atoms with Crippen molar-refractivity contribution in [2.24, 2.45) is 0 Å². The summed E-state index contributed by atoms with van der Waals surface area (Å²) in [5.41, 5.74) is 5.71. The van der Waals surface area contributed by atoms with Crippen LogP contribution in [0.1, 0.15) is 31.9 Å². The first-order valence-electron chi connectivity index (χ1n) is 11.1. The van der Waals surface area contributed by atoms with Gasteiger partial charge in [-0.3, -0.25) is 4.79 Å². The summed E-state index contributed by atoms with van der Waals surface area (Å²) in [5, 5.41) is 15.4. The topological polar surface area (TPSA) is 72.7 Å². The van der Waals surface area contributed by atoms with E-state index in [-0.39, 0.29) is 10.7 Å². The molecule has 0 saturated carbocycles. The maximum Gasteiger partial charge on any atom is 0.228 e. The number of anilines is 1. The predicted molar refractivity (Wildman–Crippen MR) is 139 cm³/mol. The third-order valence-electron chi connectivity index (χ3n) is 5.09. The number of carbonyl (C=O) groups excluding carboxylic acids is 1. The van der Waals surface area contributed by atoms with E-state index in [1.54, 1.807) is 11.8 Å². The molecular weight excluding hydrogens is 442 g/mol. The fourth-order valence-corrected chi connectivity index (χ4v) is 4.60. The fourth-order valence-electron chi connectivity index (χ4n) is 3.58. The van der Waals surface area contributed by atoms with Gasteiger partial charge in [0.15, 0.2) is 0 Å². The summed E-state index contributed by atoms with van der Waals surface area (Å²) in [5.74, 6) is 0.454. The number of hydrogen-bond acceptors (Lipinski definition) is 5. The Hall–Kier alpha value is -3.45. The van der Waals surface area contributed by atoms with E-state index in [9.17, 15) is 4.79 Å². The van der Waals surface area contributed by atoms with E-state index in [2.05, 4.69) is 60.7 Å². The van der Waals surface area contributed by atoms with Gasteiger partial charge >= 0.3 is 0 Å². The summed E-state index contributed by atoms with van der Waals surface area (Å²) in [7, 11) is 3.68. The normalized spacial score (nSPS) is 11.4. The molecule has 4 rings (SSSR count). The molecule has 0 aliphatic heterocycles. The Morgan fingerprint density at radius 2 is 1.74 bits per heavy atom. The molecule has 0 unspecified atom stereocenters. The van der Waals surface area contributed by atoms with Crippen LogP contribution in [0.25, 0.3) is 22.5 Å². The van der Waals surface area contributed by atoms with E-state index in [0.29, 0.717) is 12.2 Å². The molecule has 173 valence electrons. The zero-order chi connectivity index (χ0) is 24.3. The molecule has 7 heteroatoms. The number of nitrogens with zero attached hydrogens (tertiary/aromatic N) is 4. The van der Waals surface area contributed by atoms with E-state index in [1.165, 1.54) is 10.4 Å². The third kappa shape index (κ3) is 5.91. The molecule has 0 spiro atoms. The van der Waals surface area contributed by atoms with Crippen molar-refractivity contribution in [1.82, 2.24) is 20.2 Å². The minimum atomic E-state index is -0.0493. The smallest absolute Gasteiger partial charge is 0.228 e. The van der Waals surface area contributed by atoms with Crippen LogP contribution in [0.3, 0.4) is 0 Å². The second-order valence-corrected chi connectivity index (χ2v) is 11.0. The van der Waals surface area contributed by atoms with Gasteiger partial charge in [-0.25, -0.2) is 0 Å². The zero-order valence-electron chi connectivity index (χ0n) is 19.9. The van der Waals surface area contributed by atoms with Crippen molar-refractivity contribution < 1.29 is 4.79 Å². The standard InChI is InChI=1S/C27H28N5OS/c1-18-10-12-19(13-11-18)16-25(33)28-23-17-20(14-15-24(23)34-27(2,3)4)21-8-6-7-9-22(21)26-29-31-32(5)30-26/h6-15,17H,5,16H2,1-4H3,(H,28,33). The Bertz CT molecular complexity index is 1310. The molecule has 6 nitrogen and oxygen atoms in total. The second kappa shape index (κ2) is 9.81. The van der Waals surface area contributed by atoms with E-state index in [4.69, 9.17) is 0 Å². The SMILES string of the molecule is [CH2]n1nnc(-c2ccccc2-c2ccc(SC(C)(C)C)c(NC(=O)Cc3ccc(C)cc3)c2)n1. The van der Waals surface area contributed by atoms with Crippen molar-refractivity contribution in [3.63, 3.8) is 0 Å². The van der Waals surface area contributed by atoms with Gasteiger partial charge in [0.2, 0.25) is 11.7 Å². The monoisotopic (exact) mass is 470 g/mol. The van der Waals surface area contributed by atoms with Crippen LogP contribution in [-0.2, 0) is 11.2 Å². The molecule has 0 aliphatic rings. The lowest BCUT2D eigenvalue weighted by Gasteiger charge is -2.21. The van der Waals surface area contributed by atoms with Crippen molar-refractivity contribution in [2.75, 3.05) is 5.32 Å². The minimum Gasteiger partial charge on any atom is -0.325 e. The molecule has 4 aromatic rings. The Morgan fingerprint density at radius 1 is 1.03 bits per heavy atom. The number of nitrogens with one attached hydrogen (secondary N) is 1. The molecule has 1 radical (unpaired) electrons.